The Kier molecular flexibility index (Phi) is 6.35. The summed E-state index contributed by atoms with van der Waals surface area (Å²) in [5.41, 5.74) is 5.31. The molecule has 148 valence electrons. The number of para-hydroxylation sites is 1. The monoisotopic (exact) mass is 405 g/mol. The molecule has 0 atom stereocenters. The molecule has 2 aromatic heterocycles. The number of aromatic nitrogens is 3. The first-order valence-corrected chi connectivity index (χ1v) is 10.2. The molecule has 0 N–H and O–H groups in total. The van der Waals surface area contributed by atoms with E-state index < -0.39 is 0 Å². The summed E-state index contributed by atoms with van der Waals surface area (Å²) in [5, 5.41) is 14.5. The molecule has 0 bridgehead atoms. The van der Waals surface area contributed by atoms with Gasteiger partial charge in [-0.25, -0.2) is 9.67 Å². The topological polar surface area (TPSA) is 74.8 Å². The van der Waals surface area contributed by atoms with E-state index in [0.717, 1.165) is 28.1 Å². The number of hydrogen-bond donors (Lipinski definition) is 0. The van der Waals surface area contributed by atoms with E-state index in [1.54, 1.807) is 22.8 Å². The quantitative estimate of drug-likeness (QED) is 0.583. The van der Waals surface area contributed by atoms with Gasteiger partial charge in [0.15, 0.2) is 0 Å². The summed E-state index contributed by atoms with van der Waals surface area (Å²) in [5.74, 6) is 0.205. The first-order chi connectivity index (χ1) is 13.9. The number of carbonyl (C=O) groups excluding carboxylic acids is 1. The van der Waals surface area contributed by atoms with Crippen LogP contribution in [0.5, 0.6) is 0 Å². The van der Waals surface area contributed by atoms with E-state index in [4.69, 9.17) is 0 Å². The van der Waals surface area contributed by atoms with Crippen molar-refractivity contribution in [2.45, 2.75) is 32.3 Å². The van der Waals surface area contributed by atoms with E-state index in [2.05, 4.69) is 16.2 Å². The summed E-state index contributed by atoms with van der Waals surface area (Å²) < 4.78 is 1.80. The molecule has 0 aliphatic rings. The second kappa shape index (κ2) is 8.93. The lowest BCUT2D eigenvalue weighted by atomic mass is 10.1. The lowest BCUT2D eigenvalue weighted by Crippen LogP contribution is -2.27. The van der Waals surface area contributed by atoms with Gasteiger partial charge in [0.05, 0.1) is 23.2 Å². The van der Waals surface area contributed by atoms with Crippen LogP contribution in [0.25, 0.3) is 5.69 Å². The summed E-state index contributed by atoms with van der Waals surface area (Å²) >= 11 is 1.31. The van der Waals surface area contributed by atoms with Crippen LogP contribution in [0.2, 0.25) is 0 Å². The Balaban J connectivity index is 1.64. The van der Waals surface area contributed by atoms with Crippen LogP contribution in [-0.4, -0.2) is 38.4 Å². The molecule has 0 fully saturated rings. The van der Waals surface area contributed by atoms with Crippen molar-refractivity contribution in [2.75, 3.05) is 12.8 Å². The van der Waals surface area contributed by atoms with Crippen molar-refractivity contribution in [3.63, 3.8) is 0 Å². The van der Waals surface area contributed by atoms with E-state index >= 15 is 0 Å². The first kappa shape index (κ1) is 20.6. The van der Waals surface area contributed by atoms with Crippen molar-refractivity contribution in [1.29, 1.82) is 5.26 Å². The molecule has 3 rings (SSSR count). The molecule has 0 unspecified atom stereocenters. The summed E-state index contributed by atoms with van der Waals surface area (Å²) in [7, 11) is 1.77. The molecular weight excluding hydrogens is 382 g/mol. The number of carbonyl (C=O) groups is 1. The Morgan fingerprint density at radius 1 is 1.21 bits per heavy atom. The average Bonchev–Trinajstić information content (AvgIpc) is 3.19. The fraction of sp³-hybridized carbons (Fsp3) is 0.273. The number of hydrogen-bond acceptors (Lipinski definition) is 5. The largest absolute Gasteiger partial charge is 0.341 e. The minimum absolute atomic E-state index is 0.0240. The highest BCUT2D eigenvalue weighted by Gasteiger charge is 2.16. The van der Waals surface area contributed by atoms with Crippen LogP contribution in [0.15, 0.2) is 47.8 Å². The normalized spacial score (nSPS) is 10.6. The van der Waals surface area contributed by atoms with Crippen LogP contribution in [0.4, 0.5) is 0 Å². The second-order valence-electron chi connectivity index (χ2n) is 6.91. The van der Waals surface area contributed by atoms with E-state index in [0.29, 0.717) is 17.1 Å². The van der Waals surface area contributed by atoms with Crippen LogP contribution >= 0.6 is 11.8 Å². The second-order valence-corrected chi connectivity index (χ2v) is 7.87. The van der Waals surface area contributed by atoms with Crippen LogP contribution in [-0.2, 0) is 11.3 Å². The predicted octanol–water partition coefficient (Wildman–Crippen LogP) is 3.81. The fourth-order valence-electron chi connectivity index (χ4n) is 2.91. The molecule has 2 heterocycles. The zero-order chi connectivity index (χ0) is 21.0. The van der Waals surface area contributed by atoms with Gasteiger partial charge in [0.1, 0.15) is 11.1 Å². The highest BCUT2D eigenvalue weighted by Crippen LogP contribution is 2.26. The van der Waals surface area contributed by atoms with Crippen LogP contribution in [0, 0.1) is 32.1 Å². The van der Waals surface area contributed by atoms with Gasteiger partial charge < -0.3 is 4.90 Å². The maximum Gasteiger partial charge on any atom is 0.233 e. The first-order valence-electron chi connectivity index (χ1n) is 9.24. The van der Waals surface area contributed by atoms with Crippen molar-refractivity contribution in [1.82, 2.24) is 19.7 Å². The molecule has 0 saturated carbocycles. The molecule has 3 aromatic rings. The molecule has 6 nitrogen and oxygen atoms in total. The molecule has 1 aromatic carbocycles. The number of nitriles is 1. The van der Waals surface area contributed by atoms with Gasteiger partial charge in [0, 0.05) is 31.0 Å². The highest BCUT2D eigenvalue weighted by atomic mass is 32.2. The number of pyridine rings is 1. The van der Waals surface area contributed by atoms with Crippen molar-refractivity contribution in [3.8, 4) is 11.8 Å². The van der Waals surface area contributed by atoms with Crippen molar-refractivity contribution >= 4 is 17.7 Å². The molecule has 0 aliphatic heterocycles. The summed E-state index contributed by atoms with van der Waals surface area (Å²) in [6, 6.07) is 12.1. The van der Waals surface area contributed by atoms with Crippen LogP contribution < -0.4 is 0 Å². The molecule has 29 heavy (non-hydrogen) atoms. The van der Waals surface area contributed by atoms with E-state index in [9.17, 15) is 10.1 Å². The third-order valence-corrected chi connectivity index (χ3v) is 5.87. The molecule has 1 amide bonds. The van der Waals surface area contributed by atoms with E-state index in [1.165, 1.54) is 11.8 Å². The van der Waals surface area contributed by atoms with Crippen molar-refractivity contribution < 1.29 is 4.79 Å². The Morgan fingerprint density at radius 2 is 1.93 bits per heavy atom. The SMILES string of the molecule is Cc1nc(SCC(=O)N(C)Cc2cnn(-c3ccccc3)c2)c(C#N)c(C)c1C. The molecule has 0 spiro atoms. The van der Waals surface area contributed by atoms with Gasteiger partial charge >= 0.3 is 0 Å². The zero-order valence-corrected chi connectivity index (χ0v) is 17.8. The standard InChI is InChI=1S/C22H23N5OS/c1-15-16(2)20(10-23)22(25-17(15)3)29-14-21(28)26(4)12-18-11-24-27(13-18)19-8-6-5-7-9-19/h5-9,11,13H,12,14H2,1-4H3. The number of aryl methyl sites for hydroxylation is 1. The van der Waals surface area contributed by atoms with Crippen molar-refractivity contribution in [3.05, 3.63) is 70.7 Å². The van der Waals surface area contributed by atoms with Gasteiger partial charge in [-0.05, 0) is 44.0 Å². The Bertz CT molecular complexity index is 1070. The Hall–Kier alpha value is -3.11. The molecule has 0 saturated heterocycles. The highest BCUT2D eigenvalue weighted by molar-refractivity contribution is 8.00. The number of thioether (sulfide) groups is 1. The smallest absolute Gasteiger partial charge is 0.233 e. The van der Waals surface area contributed by atoms with Gasteiger partial charge in [0.2, 0.25) is 5.91 Å². The minimum atomic E-state index is -0.0240. The van der Waals surface area contributed by atoms with Crippen molar-refractivity contribution in [2.24, 2.45) is 0 Å². The van der Waals surface area contributed by atoms with Crippen LogP contribution in [0.3, 0.4) is 0 Å². The van der Waals surface area contributed by atoms with Gasteiger partial charge in [-0.15, -0.1) is 0 Å². The minimum Gasteiger partial charge on any atom is -0.341 e. The lowest BCUT2D eigenvalue weighted by molar-refractivity contribution is -0.127. The zero-order valence-electron chi connectivity index (χ0n) is 17.0. The van der Waals surface area contributed by atoms with E-state index in [-0.39, 0.29) is 11.7 Å². The summed E-state index contributed by atoms with van der Waals surface area (Å²) in [6.45, 7) is 6.27. The van der Waals surface area contributed by atoms with Gasteiger partial charge in [-0.3, -0.25) is 4.79 Å². The third kappa shape index (κ3) is 4.66. The van der Waals surface area contributed by atoms with Gasteiger partial charge in [-0.1, -0.05) is 30.0 Å². The Labute approximate surface area is 175 Å². The van der Waals surface area contributed by atoms with Crippen LogP contribution in [0.1, 0.15) is 27.9 Å². The number of nitrogens with zero attached hydrogens (tertiary/aromatic N) is 5. The van der Waals surface area contributed by atoms with Gasteiger partial charge in [0.25, 0.3) is 0 Å². The number of benzene rings is 1. The summed E-state index contributed by atoms with van der Waals surface area (Å²) in [4.78, 5) is 18.8. The number of amides is 1. The lowest BCUT2D eigenvalue weighted by Gasteiger charge is -2.16. The Morgan fingerprint density at radius 3 is 2.62 bits per heavy atom. The number of rotatable bonds is 6. The maximum absolute atomic E-state index is 12.6. The molecular formula is C22H23N5OS. The fourth-order valence-corrected chi connectivity index (χ4v) is 3.94. The van der Waals surface area contributed by atoms with E-state index in [1.807, 2.05) is 57.3 Å². The predicted molar refractivity (Wildman–Crippen MR) is 114 cm³/mol. The maximum atomic E-state index is 12.6. The molecule has 7 heteroatoms. The third-order valence-electron chi connectivity index (χ3n) is 4.91. The molecule has 0 aliphatic carbocycles. The summed E-state index contributed by atoms with van der Waals surface area (Å²) in [6.07, 6.45) is 3.69. The van der Waals surface area contributed by atoms with Gasteiger partial charge in [-0.2, -0.15) is 10.4 Å². The molecule has 0 radical (unpaired) electrons. The average molecular weight is 406 g/mol.